The molecule has 0 rings (SSSR count). The summed E-state index contributed by atoms with van der Waals surface area (Å²) in [5, 5.41) is 0. The first-order valence-corrected chi connectivity index (χ1v) is 33.1. The van der Waals surface area contributed by atoms with Crippen LogP contribution in [0.15, 0.2) is 0 Å². The molecule has 0 unspecified atom stereocenters. The monoisotopic (exact) mass is 834 g/mol. The Morgan fingerprint density at radius 2 is 0.298 bits per heavy atom. The van der Waals surface area contributed by atoms with Gasteiger partial charge >= 0.3 is 0 Å². The van der Waals surface area contributed by atoms with E-state index in [4.69, 9.17) is 4.65 Å². The van der Waals surface area contributed by atoms with Crippen molar-refractivity contribution in [2.24, 2.45) is 0 Å². The van der Waals surface area contributed by atoms with Crippen LogP contribution in [-0.2, 0) is 0 Å². The number of hydrogen-bond donors (Lipinski definition) is 1. The second kappa shape index (κ2) is 45.9. The first kappa shape index (κ1) is 57.4. The fourth-order valence-corrected chi connectivity index (χ4v) is 24.8. The van der Waals surface area contributed by atoms with E-state index in [1.165, 1.54) is 270 Å². The molecule has 0 heterocycles. The molecule has 0 amide bonds. The normalized spacial score (nSPS) is 12.3. The van der Waals surface area contributed by atoms with Crippen LogP contribution < -0.4 is 4.65 Å². The summed E-state index contributed by atoms with van der Waals surface area (Å²) in [4.78, 5) is 0. The van der Waals surface area contributed by atoms with E-state index in [9.17, 15) is 0 Å². The van der Waals surface area contributed by atoms with Gasteiger partial charge in [-0.1, -0.05) is 311 Å². The standard InChI is InChI=1S/C54H115NSi2/c1-7-13-19-25-31-37-43-49-56(50-44-38-32-26-20-14-8-2,51-45-39-33-27-21-15-9-3)55-57(52-46-40-34-28-22-16-10-4,53-47-41-35-29-23-17-11-5)54-48-42-36-30-24-18-12-6/h55H,7-54H2,1-6H3. The molecule has 0 aromatic rings. The Hall–Kier alpha value is 0.394. The molecule has 1 nitrogen and oxygen atoms in total. The van der Waals surface area contributed by atoms with Gasteiger partial charge in [-0.25, -0.2) is 0 Å². The summed E-state index contributed by atoms with van der Waals surface area (Å²) in [6, 6.07) is 9.70. The number of unbranched alkanes of at least 4 members (excludes halogenated alkanes) is 36. The van der Waals surface area contributed by atoms with Crippen molar-refractivity contribution in [1.29, 1.82) is 0 Å². The van der Waals surface area contributed by atoms with Gasteiger partial charge in [-0.15, -0.1) is 0 Å². The molecule has 0 fully saturated rings. The second-order valence-corrected chi connectivity index (χ2v) is 29.0. The van der Waals surface area contributed by atoms with E-state index >= 15 is 0 Å². The summed E-state index contributed by atoms with van der Waals surface area (Å²) in [7, 11) is -3.21. The second-order valence-electron chi connectivity index (χ2n) is 19.9. The van der Waals surface area contributed by atoms with E-state index in [1.807, 2.05) is 0 Å². The predicted octanol–water partition coefficient (Wildman–Crippen LogP) is 21.0. The minimum atomic E-state index is -1.60. The first-order valence-electron chi connectivity index (χ1n) is 27.9. The lowest BCUT2D eigenvalue weighted by Gasteiger charge is -2.45. The molecule has 3 heteroatoms. The van der Waals surface area contributed by atoms with Crippen molar-refractivity contribution in [1.82, 2.24) is 4.65 Å². The molecule has 0 aliphatic rings. The summed E-state index contributed by atoms with van der Waals surface area (Å²) in [6.07, 6.45) is 61.9. The Morgan fingerprint density at radius 3 is 0.439 bits per heavy atom. The van der Waals surface area contributed by atoms with E-state index in [2.05, 4.69) is 41.5 Å². The molecule has 0 saturated heterocycles. The Morgan fingerprint density at radius 1 is 0.175 bits per heavy atom. The molecule has 0 spiro atoms. The van der Waals surface area contributed by atoms with Crippen LogP contribution >= 0.6 is 0 Å². The molecule has 57 heavy (non-hydrogen) atoms. The molecule has 0 saturated carbocycles. The van der Waals surface area contributed by atoms with Crippen molar-refractivity contribution in [3.8, 4) is 0 Å². The van der Waals surface area contributed by atoms with Gasteiger partial charge in [0.05, 0.1) is 0 Å². The summed E-state index contributed by atoms with van der Waals surface area (Å²) in [5.41, 5.74) is 0. The number of nitrogens with one attached hydrogen (secondary N) is 1. The highest BCUT2D eigenvalue weighted by molar-refractivity contribution is 6.93. The van der Waals surface area contributed by atoms with Gasteiger partial charge in [0.15, 0.2) is 0 Å². The van der Waals surface area contributed by atoms with Crippen LogP contribution in [0.4, 0.5) is 0 Å². The van der Waals surface area contributed by atoms with Crippen LogP contribution in [0, 0.1) is 0 Å². The fourth-order valence-electron chi connectivity index (χ4n) is 10.2. The quantitative estimate of drug-likeness (QED) is 0.0476. The molecular weight excluding hydrogens is 719 g/mol. The highest BCUT2D eigenvalue weighted by Gasteiger charge is 2.41. The average molecular weight is 835 g/mol. The zero-order valence-electron chi connectivity index (χ0n) is 41.4. The molecule has 1 N–H and O–H groups in total. The van der Waals surface area contributed by atoms with Gasteiger partial charge in [0.2, 0.25) is 0 Å². The highest BCUT2D eigenvalue weighted by atomic mass is 28.4. The van der Waals surface area contributed by atoms with Gasteiger partial charge < -0.3 is 4.65 Å². The van der Waals surface area contributed by atoms with Crippen LogP contribution in [0.3, 0.4) is 0 Å². The van der Waals surface area contributed by atoms with Gasteiger partial charge in [-0.05, 0) is 36.3 Å². The van der Waals surface area contributed by atoms with E-state index in [1.54, 1.807) is 36.3 Å². The molecule has 0 aliphatic heterocycles. The van der Waals surface area contributed by atoms with Gasteiger partial charge in [-0.3, -0.25) is 0 Å². The van der Waals surface area contributed by atoms with E-state index in [-0.39, 0.29) is 0 Å². The SMILES string of the molecule is CCCCCCCCC[Si](CCCCCCCCC)(CCCCCCCCC)N[Si](CCCCCCCCC)(CCCCCCCCC)CCCCCCCCC. The minimum Gasteiger partial charge on any atom is -0.359 e. The summed E-state index contributed by atoms with van der Waals surface area (Å²) in [5.74, 6) is 0. The van der Waals surface area contributed by atoms with Gasteiger partial charge in [-0.2, -0.15) is 0 Å². The van der Waals surface area contributed by atoms with Crippen molar-refractivity contribution in [3.63, 3.8) is 0 Å². The first-order chi connectivity index (χ1) is 28.1. The molecule has 0 aromatic carbocycles. The van der Waals surface area contributed by atoms with Crippen molar-refractivity contribution < 1.29 is 0 Å². The third kappa shape index (κ3) is 37.9. The topological polar surface area (TPSA) is 12.0 Å². The lowest BCUT2D eigenvalue weighted by Crippen LogP contribution is -2.64. The third-order valence-corrected chi connectivity index (χ3v) is 26.2. The zero-order valence-corrected chi connectivity index (χ0v) is 43.4. The van der Waals surface area contributed by atoms with E-state index in [0.29, 0.717) is 0 Å². The minimum absolute atomic E-state index is 1.37. The molecular formula is C54H115NSi2. The summed E-state index contributed by atoms with van der Waals surface area (Å²) >= 11 is 0. The summed E-state index contributed by atoms with van der Waals surface area (Å²) < 4.78 is 5.23. The molecule has 344 valence electrons. The fraction of sp³-hybridized carbons (Fsp3) is 1.00. The average Bonchev–Trinajstić information content (AvgIpc) is 3.21. The Kier molecular flexibility index (Phi) is 46.2. The molecule has 0 bridgehead atoms. The van der Waals surface area contributed by atoms with Gasteiger partial charge in [0, 0.05) is 0 Å². The maximum absolute atomic E-state index is 5.23. The van der Waals surface area contributed by atoms with E-state index in [0.717, 1.165) is 0 Å². The van der Waals surface area contributed by atoms with E-state index < -0.39 is 16.5 Å². The predicted molar refractivity (Wildman–Crippen MR) is 271 cm³/mol. The van der Waals surface area contributed by atoms with Crippen molar-refractivity contribution >= 4 is 16.5 Å². The lowest BCUT2D eigenvalue weighted by molar-refractivity contribution is 0.582. The van der Waals surface area contributed by atoms with Gasteiger partial charge in [0.25, 0.3) is 0 Å². The molecule has 0 aliphatic carbocycles. The van der Waals surface area contributed by atoms with Crippen molar-refractivity contribution in [2.45, 2.75) is 347 Å². The van der Waals surface area contributed by atoms with Crippen LogP contribution in [0.25, 0.3) is 0 Å². The lowest BCUT2D eigenvalue weighted by atomic mass is 10.1. The Bertz CT molecular complexity index is 588. The maximum atomic E-state index is 5.23. The Labute approximate surface area is 367 Å². The van der Waals surface area contributed by atoms with Crippen molar-refractivity contribution in [2.75, 3.05) is 0 Å². The highest BCUT2D eigenvalue weighted by Crippen LogP contribution is 2.36. The van der Waals surface area contributed by atoms with Crippen LogP contribution in [0.2, 0.25) is 36.3 Å². The largest absolute Gasteiger partial charge is 0.359 e. The van der Waals surface area contributed by atoms with Crippen LogP contribution in [0.5, 0.6) is 0 Å². The number of hydrogen-bond acceptors (Lipinski definition) is 1. The van der Waals surface area contributed by atoms with Crippen molar-refractivity contribution in [3.05, 3.63) is 0 Å². The van der Waals surface area contributed by atoms with Crippen LogP contribution in [-0.4, -0.2) is 16.5 Å². The molecule has 0 aromatic heterocycles. The van der Waals surface area contributed by atoms with Gasteiger partial charge in [0.1, 0.15) is 16.5 Å². The Balaban J connectivity index is 6.44. The zero-order chi connectivity index (χ0) is 41.6. The maximum Gasteiger partial charge on any atom is 0.119 e. The molecule has 0 radical (unpaired) electrons. The third-order valence-electron chi connectivity index (χ3n) is 14.1. The van der Waals surface area contributed by atoms with Crippen LogP contribution in [0.1, 0.15) is 311 Å². The number of rotatable bonds is 50. The molecule has 0 atom stereocenters. The summed E-state index contributed by atoms with van der Waals surface area (Å²) in [6.45, 7) is 14.3. The smallest absolute Gasteiger partial charge is 0.119 e.